The Balaban J connectivity index is 2.13. The van der Waals surface area contributed by atoms with Gasteiger partial charge in [-0.3, -0.25) is 4.79 Å². The topological polar surface area (TPSA) is 60.1 Å². The SMILES string of the molecule is Cc1ccc(-c2cc(C(=O)NC(C)C)n(-c3ccccc3Cl)n2)o1. The molecular weight excluding hydrogens is 326 g/mol. The first-order chi connectivity index (χ1) is 11.5. The molecule has 2 heterocycles. The fraction of sp³-hybridized carbons (Fsp3) is 0.222. The molecule has 0 aliphatic carbocycles. The number of amides is 1. The zero-order chi connectivity index (χ0) is 17.3. The highest BCUT2D eigenvalue weighted by Gasteiger charge is 2.20. The van der Waals surface area contributed by atoms with Gasteiger partial charge in [-0.1, -0.05) is 23.7 Å². The van der Waals surface area contributed by atoms with Crippen LogP contribution in [0, 0.1) is 6.92 Å². The summed E-state index contributed by atoms with van der Waals surface area (Å²) in [6.07, 6.45) is 0. The number of aromatic nitrogens is 2. The zero-order valence-corrected chi connectivity index (χ0v) is 14.5. The Morgan fingerprint density at radius 1 is 1.25 bits per heavy atom. The van der Waals surface area contributed by atoms with E-state index >= 15 is 0 Å². The molecule has 2 aromatic heterocycles. The molecule has 0 aliphatic heterocycles. The summed E-state index contributed by atoms with van der Waals surface area (Å²) in [4.78, 5) is 12.6. The average molecular weight is 344 g/mol. The van der Waals surface area contributed by atoms with Crippen molar-refractivity contribution >= 4 is 17.5 Å². The van der Waals surface area contributed by atoms with E-state index in [1.54, 1.807) is 16.8 Å². The summed E-state index contributed by atoms with van der Waals surface area (Å²) in [7, 11) is 0. The number of nitrogens with zero attached hydrogens (tertiary/aromatic N) is 2. The Morgan fingerprint density at radius 3 is 2.62 bits per heavy atom. The van der Waals surface area contributed by atoms with Gasteiger partial charge in [-0.2, -0.15) is 5.10 Å². The van der Waals surface area contributed by atoms with E-state index in [1.807, 2.05) is 51.1 Å². The van der Waals surface area contributed by atoms with E-state index in [0.717, 1.165) is 5.76 Å². The van der Waals surface area contributed by atoms with Crippen LogP contribution in [0.5, 0.6) is 0 Å². The molecule has 0 saturated carbocycles. The Hall–Kier alpha value is -2.53. The Morgan fingerprint density at radius 2 is 2.00 bits per heavy atom. The molecule has 0 fully saturated rings. The van der Waals surface area contributed by atoms with Crippen LogP contribution < -0.4 is 5.32 Å². The molecule has 0 spiro atoms. The third-order valence-electron chi connectivity index (χ3n) is 3.44. The molecule has 3 rings (SSSR count). The number of furan rings is 1. The minimum Gasteiger partial charge on any atom is -0.460 e. The molecule has 0 atom stereocenters. The molecule has 24 heavy (non-hydrogen) atoms. The van der Waals surface area contributed by atoms with Gasteiger partial charge in [0.05, 0.1) is 10.7 Å². The van der Waals surface area contributed by atoms with Crippen LogP contribution in [0.3, 0.4) is 0 Å². The quantitative estimate of drug-likeness (QED) is 0.771. The molecule has 0 bridgehead atoms. The first kappa shape index (κ1) is 16.3. The fourth-order valence-electron chi connectivity index (χ4n) is 2.38. The molecule has 5 nitrogen and oxygen atoms in total. The normalized spacial score (nSPS) is 11.0. The summed E-state index contributed by atoms with van der Waals surface area (Å²) in [5.74, 6) is 1.18. The van der Waals surface area contributed by atoms with Crippen molar-refractivity contribution in [1.29, 1.82) is 0 Å². The molecule has 0 radical (unpaired) electrons. The predicted octanol–water partition coefficient (Wildman–Crippen LogP) is 4.23. The van der Waals surface area contributed by atoms with E-state index in [2.05, 4.69) is 10.4 Å². The van der Waals surface area contributed by atoms with E-state index in [-0.39, 0.29) is 11.9 Å². The first-order valence-corrected chi connectivity index (χ1v) is 8.06. The van der Waals surface area contributed by atoms with Crippen LogP contribution in [0.25, 0.3) is 17.1 Å². The summed E-state index contributed by atoms with van der Waals surface area (Å²) in [5, 5.41) is 7.93. The summed E-state index contributed by atoms with van der Waals surface area (Å²) >= 11 is 6.28. The predicted molar refractivity (Wildman–Crippen MR) is 93.6 cm³/mol. The number of nitrogens with one attached hydrogen (secondary N) is 1. The molecule has 6 heteroatoms. The van der Waals surface area contributed by atoms with Gasteiger partial charge in [0.2, 0.25) is 0 Å². The Kier molecular flexibility index (Phi) is 4.44. The number of benzene rings is 1. The summed E-state index contributed by atoms with van der Waals surface area (Å²) < 4.78 is 7.17. The lowest BCUT2D eigenvalue weighted by atomic mass is 10.2. The van der Waals surface area contributed by atoms with E-state index in [0.29, 0.717) is 27.9 Å². The molecule has 1 aromatic carbocycles. The monoisotopic (exact) mass is 343 g/mol. The zero-order valence-electron chi connectivity index (χ0n) is 13.7. The second kappa shape index (κ2) is 6.53. The molecule has 0 aliphatic rings. The maximum Gasteiger partial charge on any atom is 0.270 e. The number of hydrogen-bond donors (Lipinski definition) is 1. The second-order valence-corrected chi connectivity index (χ2v) is 6.22. The highest BCUT2D eigenvalue weighted by Crippen LogP contribution is 2.26. The van der Waals surface area contributed by atoms with Gasteiger partial charge in [-0.05, 0) is 45.0 Å². The lowest BCUT2D eigenvalue weighted by molar-refractivity contribution is 0.0935. The standard InChI is InChI=1S/C18H18ClN3O2/c1-11(2)20-18(23)16-10-14(17-9-8-12(3)24-17)21-22(16)15-7-5-4-6-13(15)19/h4-11H,1-3H3,(H,20,23). The van der Waals surface area contributed by atoms with Crippen molar-refractivity contribution in [3.8, 4) is 17.1 Å². The van der Waals surface area contributed by atoms with Crippen LogP contribution in [0.15, 0.2) is 46.9 Å². The Labute approximate surface area is 145 Å². The minimum absolute atomic E-state index is 0.0152. The van der Waals surface area contributed by atoms with E-state index in [1.165, 1.54) is 0 Å². The van der Waals surface area contributed by atoms with Gasteiger partial charge in [-0.15, -0.1) is 0 Å². The average Bonchev–Trinajstić information content (AvgIpc) is 3.13. The molecule has 1 amide bonds. The van der Waals surface area contributed by atoms with Gasteiger partial charge in [0.15, 0.2) is 5.76 Å². The van der Waals surface area contributed by atoms with Crippen molar-refractivity contribution in [1.82, 2.24) is 15.1 Å². The van der Waals surface area contributed by atoms with Crippen LogP contribution in [0.4, 0.5) is 0 Å². The van der Waals surface area contributed by atoms with Crippen LogP contribution in [-0.2, 0) is 0 Å². The minimum atomic E-state index is -0.216. The van der Waals surface area contributed by atoms with Crippen molar-refractivity contribution in [3.05, 3.63) is 58.9 Å². The highest BCUT2D eigenvalue weighted by molar-refractivity contribution is 6.32. The first-order valence-electron chi connectivity index (χ1n) is 7.68. The largest absolute Gasteiger partial charge is 0.460 e. The second-order valence-electron chi connectivity index (χ2n) is 5.82. The van der Waals surface area contributed by atoms with Gasteiger partial charge in [0.1, 0.15) is 17.1 Å². The summed E-state index contributed by atoms with van der Waals surface area (Å²) in [6.45, 7) is 5.68. The summed E-state index contributed by atoms with van der Waals surface area (Å²) in [6, 6.07) is 12.7. The molecule has 0 unspecified atom stereocenters. The van der Waals surface area contributed by atoms with Crippen molar-refractivity contribution in [3.63, 3.8) is 0 Å². The van der Waals surface area contributed by atoms with Crippen LogP contribution in [-0.4, -0.2) is 21.7 Å². The third-order valence-corrected chi connectivity index (χ3v) is 3.75. The molecule has 124 valence electrons. The number of aryl methyl sites for hydroxylation is 1. The van der Waals surface area contributed by atoms with Crippen LogP contribution in [0.1, 0.15) is 30.1 Å². The van der Waals surface area contributed by atoms with Gasteiger partial charge in [-0.25, -0.2) is 4.68 Å². The van der Waals surface area contributed by atoms with Crippen molar-refractivity contribution in [2.45, 2.75) is 26.8 Å². The molecule has 0 saturated heterocycles. The fourth-order valence-corrected chi connectivity index (χ4v) is 2.59. The van der Waals surface area contributed by atoms with Crippen molar-refractivity contribution in [2.75, 3.05) is 0 Å². The van der Waals surface area contributed by atoms with Gasteiger partial charge in [0.25, 0.3) is 5.91 Å². The lowest BCUT2D eigenvalue weighted by Crippen LogP contribution is -2.31. The lowest BCUT2D eigenvalue weighted by Gasteiger charge is -2.11. The maximum atomic E-state index is 12.6. The van der Waals surface area contributed by atoms with Gasteiger partial charge >= 0.3 is 0 Å². The number of rotatable bonds is 4. The molecule has 1 N–H and O–H groups in total. The number of carbonyl (C=O) groups is 1. The maximum absolute atomic E-state index is 12.6. The smallest absolute Gasteiger partial charge is 0.270 e. The van der Waals surface area contributed by atoms with Gasteiger partial charge in [0, 0.05) is 12.1 Å². The van der Waals surface area contributed by atoms with Gasteiger partial charge < -0.3 is 9.73 Å². The van der Waals surface area contributed by atoms with Crippen molar-refractivity contribution in [2.24, 2.45) is 0 Å². The number of carbonyl (C=O) groups excluding carboxylic acids is 1. The Bertz CT molecular complexity index is 880. The van der Waals surface area contributed by atoms with E-state index in [4.69, 9.17) is 16.0 Å². The number of para-hydroxylation sites is 1. The van der Waals surface area contributed by atoms with Crippen LogP contribution >= 0.6 is 11.6 Å². The summed E-state index contributed by atoms with van der Waals surface area (Å²) in [5.41, 5.74) is 1.63. The molecular formula is C18H18ClN3O2. The third kappa shape index (κ3) is 3.21. The number of hydrogen-bond acceptors (Lipinski definition) is 3. The van der Waals surface area contributed by atoms with Crippen LogP contribution in [0.2, 0.25) is 5.02 Å². The van der Waals surface area contributed by atoms with Crippen molar-refractivity contribution < 1.29 is 9.21 Å². The van der Waals surface area contributed by atoms with E-state index < -0.39 is 0 Å². The molecule has 3 aromatic rings. The highest BCUT2D eigenvalue weighted by atomic mass is 35.5. The number of halogens is 1. The van der Waals surface area contributed by atoms with E-state index in [9.17, 15) is 4.79 Å².